The Hall–Kier alpha value is -3.00. The maximum atomic E-state index is 12.6. The molecule has 0 aliphatic carbocycles. The molecule has 0 spiro atoms. The number of thiazole rings is 1. The molecule has 1 N–H and O–H groups in total. The minimum atomic E-state index is -0.235. The lowest BCUT2D eigenvalue weighted by atomic mass is 10.1. The van der Waals surface area contributed by atoms with Gasteiger partial charge < -0.3 is 9.80 Å². The minimum Gasteiger partial charge on any atom is -0.366 e. The number of anilines is 1. The highest BCUT2D eigenvalue weighted by atomic mass is 32.1. The van der Waals surface area contributed by atoms with Crippen molar-refractivity contribution >= 4 is 22.9 Å². The lowest BCUT2D eigenvalue weighted by molar-refractivity contribution is 0.0741. The molecule has 0 unspecified atom stereocenters. The summed E-state index contributed by atoms with van der Waals surface area (Å²) < 4.78 is 0. The van der Waals surface area contributed by atoms with Gasteiger partial charge in [0.05, 0.1) is 10.7 Å². The molecule has 3 heterocycles. The smallest absolute Gasteiger partial charge is 0.273 e. The number of nitrogens with zero attached hydrogens (tertiary/aromatic N) is 4. The Morgan fingerprint density at radius 3 is 2.56 bits per heavy atom. The Morgan fingerprint density at radius 1 is 1.15 bits per heavy atom. The summed E-state index contributed by atoms with van der Waals surface area (Å²) in [6.07, 6.45) is 0. The summed E-state index contributed by atoms with van der Waals surface area (Å²) in [6.45, 7) is 4.33. The molecule has 7 nitrogen and oxygen atoms in total. The molecule has 2 aromatic heterocycles. The Balaban J connectivity index is 1.54. The molecule has 1 saturated heterocycles. The number of benzene rings is 1. The van der Waals surface area contributed by atoms with Crippen molar-refractivity contribution in [3.05, 3.63) is 62.8 Å². The maximum absolute atomic E-state index is 12.6. The van der Waals surface area contributed by atoms with Gasteiger partial charge in [-0.3, -0.25) is 9.59 Å². The molecule has 4 rings (SSSR count). The third-order valence-electron chi connectivity index (χ3n) is 4.58. The Morgan fingerprint density at radius 2 is 1.89 bits per heavy atom. The summed E-state index contributed by atoms with van der Waals surface area (Å²) in [5, 5.41) is 9.48. The third kappa shape index (κ3) is 3.61. The van der Waals surface area contributed by atoms with Crippen molar-refractivity contribution in [2.24, 2.45) is 0 Å². The van der Waals surface area contributed by atoms with Crippen LogP contribution in [-0.4, -0.2) is 52.2 Å². The number of H-pyrrole nitrogens is 1. The van der Waals surface area contributed by atoms with Gasteiger partial charge in [-0.1, -0.05) is 30.3 Å². The van der Waals surface area contributed by atoms with E-state index < -0.39 is 0 Å². The predicted octanol–water partition coefficient (Wildman–Crippen LogP) is 2.16. The number of aromatic amines is 1. The molecule has 1 fully saturated rings. The number of rotatable bonds is 3. The zero-order valence-electron chi connectivity index (χ0n) is 14.9. The summed E-state index contributed by atoms with van der Waals surface area (Å²) in [7, 11) is 0. The molecule has 1 amide bonds. The molecule has 3 aromatic rings. The van der Waals surface area contributed by atoms with Crippen molar-refractivity contribution in [3.8, 4) is 11.3 Å². The second-order valence-electron chi connectivity index (χ2n) is 6.36. The summed E-state index contributed by atoms with van der Waals surface area (Å²) in [5.74, 6) is -0.0358. The molecular formula is C19H19N5O2S. The van der Waals surface area contributed by atoms with E-state index in [0.29, 0.717) is 31.9 Å². The minimum absolute atomic E-state index is 0.0358. The second-order valence-corrected chi connectivity index (χ2v) is 7.43. The largest absolute Gasteiger partial charge is 0.366 e. The monoisotopic (exact) mass is 381 g/mol. The standard InChI is InChI=1S/C19H19N5O2S/c1-13-20-15(12-27-13)19(26)24-9-7-23(8-10-24)16-11-17(25)21-22-18(16)14-5-3-2-4-6-14/h2-6,11-12H,7-10H2,1H3,(H,21,25). The van der Waals surface area contributed by atoms with Crippen molar-refractivity contribution in [1.29, 1.82) is 0 Å². The number of hydrogen-bond donors (Lipinski definition) is 1. The number of amides is 1. The van der Waals surface area contributed by atoms with Gasteiger partial charge in [0.15, 0.2) is 0 Å². The van der Waals surface area contributed by atoms with Crippen LogP contribution in [-0.2, 0) is 0 Å². The molecule has 1 aromatic carbocycles. The topological polar surface area (TPSA) is 82.2 Å². The predicted molar refractivity (Wildman–Crippen MR) is 105 cm³/mol. The molecule has 0 radical (unpaired) electrons. The first-order valence-electron chi connectivity index (χ1n) is 8.73. The van der Waals surface area contributed by atoms with Crippen LogP contribution in [0.2, 0.25) is 0 Å². The first-order valence-corrected chi connectivity index (χ1v) is 9.61. The van der Waals surface area contributed by atoms with Crippen molar-refractivity contribution in [1.82, 2.24) is 20.1 Å². The molecule has 27 heavy (non-hydrogen) atoms. The summed E-state index contributed by atoms with van der Waals surface area (Å²) in [5.41, 5.74) is 2.75. The first kappa shape index (κ1) is 17.4. The zero-order chi connectivity index (χ0) is 18.8. The van der Waals surface area contributed by atoms with Crippen LogP contribution in [0.5, 0.6) is 0 Å². The Kier molecular flexibility index (Phi) is 4.72. The van der Waals surface area contributed by atoms with Gasteiger partial charge in [0, 0.05) is 43.2 Å². The number of piperazine rings is 1. The molecule has 1 aliphatic rings. The van der Waals surface area contributed by atoms with Crippen molar-refractivity contribution in [3.63, 3.8) is 0 Å². The maximum Gasteiger partial charge on any atom is 0.273 e. The van der Waals surface area contributed by atoms with E-state index in [1.165, 1.54) is 11.3 Å². The fourth-order valence-corrected chi connectivity index (χ4v) is 3.80. The van der Waals surface area contributed by atoms with Crippen LogP contribution in [0.15, 0.2) is 46.6 Å². The highest BCUT2D eigenvalue weighted by molar-refractivity contribution is 7.09. The zero-order valence-corrected chi connectivity index (χ0v) is 15.7. The third-order valence-corrected chi connectivity index (χ3v) is 5.35. The molecule has 138 valence electrons. The van der Waals surface area contributed by atoms with E-state index in [1.54, 1.807) is 11.4 Å². The van der Waals surface area contributed by atoms with Crippen LogP contribution in [0.25, 0.3) is 11.3 Å². The van der Waals surface area contributed by atoms with E-state index in [4.69, 9.17) is 0 Å². The summed E-state index contributed by atoms with van der Waals surface area (Å²) >= 11 is 1.48. The molecule has 0 atom stereocenters. The van der Waals surface area contributed by atoms with Gasteiger partial charge in [-0.2, -0.15) is 5.10 Å². The molecule has 0 saturated carbocycles. The van der Waals surface area contributed by atoms with Gasteiger partial charge in [0.25, 0.3) is 11.5 Å². The number of aromatic nitrogens is 3. The van der Waals surface area contributed by atoms with Gasteiger partial charge in [0.2, 0.25) is 0 Å². The molecular weight excluding hydrogens is 362 g/mol. The number of nitrogens with one attached hydrogen (secondary N) is 1. The second kappa shape index (κ2) is 7.32. The van der Waals surface area contributed by atoms with Crippen molar-refractivity contribution in [2.75, 3.05) is 31.1 Å². The van der Waals surface area contributed by atoms with Gasteiger partial charge in [-0.05, 0) is 6.92 Å². The van der Waals surface area contributed by atoms with Crippen LogP contribution >= 0.6 is 11.3 Å². The molecule has 8 heteroatoms. The lowest BCUT2D eigenvalue weighted by Gasteiger charge is -2.36. The van der Waals surface area contributed by atoms with E-state index in [2.05, 4.69) is 20.1 Å². The van der Waals surface area contributed by atoms with Gasteiger partial charge in [0.1, 0.15) is 11.4 Å². The number of aryl methyl sites for hydroxylation is 1. The van der Waals surface area contributed by atoms with Gasteiger partial charge >= 0.3 is 0 Å². The highest BCUT2D eigenvalue weighted by Crippen LogP contribution is 2.28. The molecule has 0 bridgehead atoms. The Labute approximate surface area is 160 Å². The van der Waals surface area contributed by atoms with Crippen LogP contribution in [0.4, 0.5) is 5.69 Å². The average Bonchev–Trinajstić information content (AvgIpc) is 3.14. The van der Waals surface area contributed by atoms with Crippen LogP contribution in [0.1, 0.15) is 15.5 Å². The Bertz CT molecular complexity index is 1010. The number of hydrogen-bond acceptors (Lipinski definition) is 6. The number of carbonyl (C=O) groups excluding carboxylic acids is 1. The average molecular weight is 381 g/mol. The van der Waals surface area contributed by atoms with E-state index in [9.17, 15) is 9.59 Å². The van der Waals surface area contributed by atoms with Crippen molar-refractivity contribution < 1.29 is 4.79 Å². The quantitative estimate of drug-likeness (QED) is 0.752. The first-order chi connectivity index (χ1) is 13.1. The summed E-state index contributed by atoms with van der Waals surface area (Å²) in [4.78, 5) is 32.7. The lowest BCUT2D eigenvalue weighted by Crippen LogP contribution is -2.49. The van der Waals surface area contributed by atoms with E-state index in [-0.39, 0.29) is 11.5 Å². The normalized spacial score (nSPS) is 14.4. The molecule has 1 aliphatic heterocycles. The van der Waals surface area contributed by atoms with E-state index in [0.717, 1.165) is 22.0 Å². The van der Waals surface area contributed by atoms with Crippen molar-refractivity contribution in [2.45, 2.75) is 6.92 Å². The fourth-order valence-electron chi connectivity index (χ4n) is 3.22. The van der Waals surface area contributed by atoms with Gasteiger partial charge in [-0.15, -0.1) is 11.3 Å². The fraction of sp³-hybridized carbons (Fsp3) is 0.263. The van der Waals surface area contributed by atoms with Crippen LogP contribution in [0.3, 0.4) is 0 Å². The number of carbonyl (C=O) groups is 1. The van der Waals surface area contributed by atoms with Crippen LogP contribution in [0, 0.1) is 6.92 Å². The van der Waals surface area contributed by atoms with E-state index in [1.807, 2.05) is 42.2 Å². The summed E-state index contributed by atoms with van der Waals surface area (Å²) in [6, 6.07) is 11.3. The van der Waals surface area contributed by atoms with Crippen LogP contribution < -0.4 is 10.5 Å². The SMILES string of the molecule is Cc1nc(C(=O)N2CCN(c3cc(=O)[nH]nc3-c3ccccc3)CC2)cs1. The highest BCUT2D eigenvalue weighted by Gasteiger charge is 2.25. The van der Waals surface area contributed by atoms with E-state index >= 15 is 0 Å². The van der Waals surface area contributed by atoms with Gasteiger partial charge in [-0.25, -0.2) is 10.1 Å².